The maximum absolute atomic E-state index is 13.4. The quantitative estimate of drug-likeness (QED) is 0.556. The van der Waals surface area contributed by atoms with Crippen LogP contribution in [0.15, 0.2) is 12.3 Å². The first-order valence-electron chi connectivity index (χ1n) is 12.3. The van der Waals surface area contributed by atoms with Crippen molar-refractivity contribution < 1.29 is 23.5 Å². The Morgan fingerprint density at radius 1 is 1.32 bits per heavy atom. The van der Waals surface area contributed by atoms with Gasteiger partial charge < -0.3 is 20.5 Å². The van der Waals surface area contributed by atoms with Gasteiger partial charge in [-0.3, -0.25) is 9.18 Å². The summed E-state index contributed by atoms with van der Waals surface area (Å²) in [6, 6.07) is 0.0102. The summed E-state index contributed by atoms with van der Waals surface area (Å²) in [7, 11) is 0. The molecule has 4 aliphatic rings. The van der Waals surface area contributed by atoms with Gasteiger partial charge in [0.05, 0.1) is 19.5 Å². The van der Waals surface area contributed by atoms with Crippen LogP contribution in [0.1, 0.15) is 70.2 Å². The first kappa shape index (κ1) is 24.5. The first-order chi connectivity index (χ1) is 16.0. The maximum atomic E-state index is 13.4. The highest BCUT2D eigenvalue weighted by Gasteiger charge is 2.57. The predicted molar refractivity (Wildman–Crippen MR) is 126 cm³/mol. The van der Waals surface area contributed by atoms with Gasteiger partial charge in [0, 0.05) is 17.7 Å². The number of nitrogens with zero attached hydrogens (tertiary/aromatic N) is 2. The van der Waals surface area contributed by atoms with Gasteiger partial charge in [0.1, 0.15) is 11.2 Å². The average molecular weight is 477 g/mol. The number of allylic oxidation sites excluding steroid dienone is 1. The van der Waals surface area contributed by atoms with Crippen LogP contribution in [0.2, 0.25) is 0 Å². The molecule has 5 rings (SSSR count). The molecular weight excluding hydrogens is 439 g/mol. The highest BCUT2D eigenvalue weighted by atomic mass is 19.1. The molecule has 4 saturated carbocycles. The predicted octanol–water partition coefficient (Wildman–Crippen LogP) is 4.16. The molecule has 4 aliphatic carbocycles. The third-order valence-corrected chi connectivity index (χ3v) is 7.39. The second-order valence-corrected chi connectivity index (χ2v) is 11.5. The normalized spacial score (nSPS) is 30.2. The molecule has 3 N–H and O–H groups in total. The number of carbonyl (C=O) groups is 2. The lowest BCUT2D eigenvalue weighted by atomic mass is 9.52. The van der Waals surface area contributed by atoms with Crippen LogP contribution in [0.25, 0.3) is 6.20 Å². The summed E-state index contributed by atoms with van der Waals surface area (Å²) in [5, 5.41) is 7.58. The summed E-state index contributed by atoms with van der Waals surface area (Å²) in [6.07, 6.45) is 8.52. The molecular formula is C25H37FN4O4. The monoisotopic (exact) mass is 476 g/mol. The molecule has 0 aliphatic heterocycles. The first-order valence-corrected chi connectivity index (χ1v) is 12.3. The van der Waals surface area contributed by atoms with E-state index in [9.17, 15) is 14.0 Å². The Balaban J connectivity index is 1.52. The van der Waals surface area contributed by atoms with Crippen LogP contribution < -0.4 is 15.8 Å². The van der Waals surface area contributed by atoms with E-state index in [4.69, 9.17) is 15.2 Å². The van der Waals surface area contributed by atoms with Gasteiger partial charge in [0.25, 0.3) is 5.91 Å². The highest BCUT2D eigenvalue weighted by Crippen LogP contribution is 2.57. The zero-order valence-corrected chi connectivity index (χ0v) is 20.6. The van der Waals surface area contributed by atoms with E-state index < -0.39 is 23.8 Å². The zero-order chi connectivity index (χ0) is 24.7. The summed E-state index contributed by atoms with van der Waals surface area (Å²) in [6.45, 7) is 7.55. The van der Waals surface area contributed by atoms with Gasteiger partial charge >= 0.3 is 6.09 Å². The molecule has 188 valence electrons. The van der Waals surface area contributed by atoms with Crippen molar-refractivity contribution in [2.45, 2.75) is 71.4 Å². The van der Waals surface area contributed by atoms with Crippen LogP contribution in [-0.2, 0) is 4.74 Å². The van der Waals surface area contributed by atoms with E-state index in [2.05, 4.69) is 10.4 Å². The van der Waals surface area contributed by atoms with Gasteiger partial charge in [-0.1, -0.05) is 33.8 Å². The van der Waals surface area contributed by atoms with E-state index in [0.29, 0.717) is 24.0 Å². The van der Waals surface area contributed by atoms with Crippen molar-refractivity contribution in [3.05, 3.63) is 17.8 Å². The van der Waals surface area contributed by atoms with Gasteiger partial charge in [-0.2, -0.15) is 5.10 Å². The topological polar surface area (TPSA) is 108 Å². The van der Waals surface area contributed by atoms with Crippen LogP contribution in [0.4, 0.5) is 9.18 Å². The number of hydrogen-bond acceptors (Lipinski definition) is 5. The molecule has 0 aromatic carbocycles. The van der Waals surface area contributed by atoms with E-state index >= 15 is 0 Å². The lowest BCUT2D eigenvalue weighted by Crippen LogP contribution is -2.63. The van der Waals surface area contributed by atoms with Crippen molar-refractivity contribution >= 4 is 18.2 Å². The number of amides is 2. The SMILES string of the molecule is CC(C)COc1c(C(=O)N[C@H]2C3CC4CC2C[C@](OC(N)=O)(C4)C3)cnn1/C=C/C(C)(C)CF. The molecule has 4 fully saturated rings. The Labute approximate surface area is 200 Å². The molecule has 0 saturated heterocycles. The lowest BCUT2D eigenvalue weighted by Gasteiger charge is -2.58. The molecule has 0 spiro atoms. The summed E-state index contributed by atoms with van der Waals surface area (Å²) < 4.78 is 26.3. The number of nitrogens with one attached hydrogen (secondary N) is 1. The molecule has 0 radical (unpaired) electrons. The Morgan fingerprint density at radius 2 is 2.00 bits per heavy atom. The molecule has 2 unspecified atom stereocenters. The van der Waals surface area contributed by atoms with E-state index in [0.717, 1.165) is 32.1 Å². The van der Waals surface area contributed by atoms with E-state index in [1.165, 1.54) is 10.9 Å². The number of alkyl halides is 1. The molecule has 1 aromatic rings. The molecule has 2 atom stereocenters. The largest absolute Gasteiger partial charge is 0.477 e. The molecule has 1 aromatic heterocycles. The number of aromatic nitrogens is 2. The van der Waals surface area contributed by atoms with Crippen molar-refractivity contribution in [1.82, 2.24) is 15.1 Å². The molecule has 8 nitrogen and oxygen atoms in total. The fourth-order valence-electron chi connectivity index (χ4n) is 6.07. The second-order valence-electron chi connectivity index (χ2n) is 11.5. The van der Waals surface area contributed by atoms with Crippen molar-refractivity contribution in [3.8, 4) is 5.88 Å². The fraction of sp³-hybridized carbons (Fsp3) is 0.720. The summed E-state index contributed by atoms with van der Waals surface area (Å²) >= 11 is 0. The maximum Gasteiger partial charge on any atom is 0.405 e. The number of halogens is 1. The highest BCUT2D eigenvalue weighted by molar-refractivity contribution is 5.96. The Bertz CT molecular complexity index is 941. The van der Waals surface area contributed by atoms with Crippen molar-refractivity contribution in [2.75, 3.05) is 13.3 Å². The Kier molecular flexibility index (Phi) is 6.66. The van der Waals surface area contributed by atoms with Crippen LogP contribution in [0, 0.1) is 29.1 Å². The number of nitrogens with two attached hydrogens (primary N) is 1. The molecule has 9 heteroatoms. The summed E-state index contributed by atoms with van der Waals surface area (Å²) in [4.78, 5) is 24.9. The van der Waals surface area contributed by atoms with Crippen LogP contribution in [-0.4, -0.2) is 46.7 Å². The minimum absolute atomic E-state index is 0.0102. The number of primary amides is 1. The summed E-state index contributed by atoms with van der Waals surface area (Å²) in [5.74, 6) is 1.38. The Morgan fingerprint density at radius 3 is 2.59 bits per heavy atom. The molecule has 2 amide bonds. The minimum atomic E-state index is -0.717. The third-order valence-electron chi connectivity index (χ3n) is 7.39. The molecule has 34 heavy (non-hydrogen) atoms. The number of ether oxygens (including phenoxy) is 2. The van der Waals surface area contributed by atoms with Crippen molar-refractivity contribution in [2.24, 2.45) is 34.8 Å². The van der Waals surface area contributed by atoms with E-state index in [1.54, 1.807) is 26.1 Å². The van der Waals surface area contributed by atoms with E-state index in [1.807, 2.05) is 13.8 Å². The lowest BCUT2D eigenvalue weighted by molar-refractivity contribution is -0.137. The van der Waals surface area contributed by atoms with Gasteiger partial charge in [0.15, 0.2) is 0 Å². The summed E-state index contributed by atoms with van der Waals surface area (Å²) in [5.41, 5.74) is 4.59. The van der Waals surface area contributed by atoms with Gasteiger partial charge in [-0.15, -0.1) is 0 Å². The van der Waals surface area contributed by atoms with Crippen LogP contribution in [0.5, 0.6) is 5.88 Å². The van der Waals surface area contributed by atoms with Crippen molar-refractivity contribution in [1.29, 1.82) is 0 Å². The number of hydrogen-bond donors (Lipinski definition) is 2. The third kappa shape index (κ3) is 5.08. The average Bonchev–Trinajstić information content (AvgIpc) is 3.15. The minimum Gasteiger partial charge on any atom is -0.477 e. The van der Waals surface area contributed by atoms with Crippen LogP contribution in [0.3, 0.4) is 0 Å². The standard InChI is InChI=1S/C25H37FN4O4/c1-15(2)13-33-22-19(12-28-30(22)6-5-24(3,4)14-26)21(31)29-20-17-7-16-8-18(20)11-25(9-16,10-17)34-23(27)32/h5-6,12,15-18,20H,7-11,13-14H2,1-4H3,(H2,27,32)(H,29,31)/b6-5+/t16?,17?,18?,20-,25-. The fourth-order valence-corrected chi connectivity index (χ4v) is 6.07. The smallest absolute Gasteiger partial charge is 0.405 e. The molecule has 1 heterocycles. The number of carbonyl (C=O) groups excluding carboxylic acids is 2. The van der Waals surface area contributed by atoms with Crippen LogP contribution >= 0.6 is 0 Å². The van der Waals surface area contributed by atoms with Crippen molar-refractivity contribution in [3.63, 3.8) is 0 Å². The van der Waals surface area contributed by atoms with Gasteiger partial charge in [-0.05, 0) is 55.8 Å². The van der Waals surface area contributed by atoms with E-state index in [-0.39, 0.29) is 29.7 Å². The second kappa shape index (κ2) is 9.23. The number of rotatable bonds is 9. The van der Waals surface area contributed by atoms with Gasteiger partial charge in [0.2, 0.25) is 5.88 Å². The Hall–Kier alpha value is -2.58. The zero-order valence-electron chi connectivity index (χ0n) is 20.6. The van der Waals surface area contributed by atoms with Gasteiger partial charge in [-0.25, -0.2) is 9.48 Å². The molecule has 4 bridgehead atoms.